The van der Waals surface area contributed by atoms with Crippen molar-refractivity contribution in [1.82, 2.24) is 9.78 Å². The Morgan fingerprint density at radius 3 is 2.62 bits per heavy atom. The van der Waals surface area contributed by atoms with Crippen molar-refractivity contribution in [2.45, 2.75) is 13.8 Å². The van der Waals surface area contributed by atoms with Gasteiger partial charge in [0.15, 0.2) is 0 Å². The van der Waals surface area contributed by atoms with Crippen molar-refractivity contribution in [3.05, 3.63) is 75.2 Å². The summed E-state index contributed by atoms with van der Waals surface area (Å²) in [6.07, 6.45) is 0. The van der Waals surface area contributed by atoms with Crippen molar-refractivity contribution in [3.8, 4) is 5.69 Å². The van der Waals surface area contributed by atoms with Crippen LogP contribution in [-0.4, -0.2) is 15.7 Å². The van der Waals surface area contributed by atoms with Crippen LogP contribution in [0.3, 0.4) is 0 Å². The molecule has 4 aromatic rings. The highest BCUT2D eigenvalue weighted by molar-refractivity contribution is 9.10. The molecule has 0 unspecified atom stereocenters. The Morgan fingerprint density at radius 1 is 1.12 bits per heavy atom. The first-order valence-electron chi connectivity index (χ1n) is 8.14. The Hall–Kier alpha value is -2.44. The molecule has 0 spiro atoms. The molecule has 2 heterocycles. The molecule has 0 aliphatic rings. The lowest BCUT2D eigenvalue weighted by molar-refractivity contribution is 0.103. The van der Waals surface area contributed by atoms with Gasteiger partial charge in [-0.1, -0.05) is 28.1 Å². The van der Waals surface area contributed by atoms with Crippen LogP contribution in [0.5, 0.6) is 0 Å². The number of aromatic nitrogens is 2. The number of hydrogen-bond acceptors (Lipinski definition) is 3. The van der Waals surface area contributed by atoms with Crippen LogP contribution in [0.1, 0.15) is 20.9 Å². The molecule has 2 aromatic heterocycles. The number of carbonyl (C=O) groups excluding carboxylic acids is 1. The highest BCUT2D eigenvalue weighted by atomic mass is 79.9. The Kier molecular flexibility index (Phi) is 4.38. The van der Waals surface area contributed by atoms with Crippen molar-refractivity contribution in [1.29, 1.82) is 0 Å². The molecule has 0 saturated carbocycles. The summed E-state index contributed by atoms with van der Waals surface area (Å²) in [5.74, 6) is -0.108. The lowest BCUT2D eigenvalue weighted by Crippen LogP contribution is -2.09. The van der Waals surface area contributed by atoms with Crippen LogP contribution in [0, 0.1) is 13.8 Å². The molecular weight excluding hydrogens is 410 g/mol. The average molecular weight is 426 g/mol. The number of aryl methyl sites for hydroxylation is 2. The van der Waals surface area contributed by atoms with Crippen molar-refractivity contribution >= 4 is 49.1 Å². The molecule has 0 fully saturated rings. The first kappa shape index (κ1) is 17.0. The van der Waals surface area contributed by atoms with Gasteiger partial charge in [-0.15, -0.1) is 11.3 Å². The third kappa shape index (κ3) is 3.18. The zero-order valence-corrected chi connectivity index (χ0v) is 16.7. The smallest absolute Gasteiger partial charge is 0.265 e. The minimum absolute atomic E-state index is 0.108. The van der Waals surface area contributed by atoms with Crippen LogP contribution in [0.25, 0.3) is 15.9 Å². The van der Waals surface area contributed by atoms with Crippen molar-refractivity contribution < 1.29 is 4.79 Å². The summed E-state index contributed by atoms with van der Waals surface area (Å²) in [7, 11) is 0. The molecule has 0 aliphatic heterocycles. The summed E-state index contributed by atoms with van der Waals surface area (Å²) in [5.41, 5.74) is 3.87. The van der Waals surface area contributed by atoms with E-state index in [4.69, 9.17) is 0 Å². The molecule has 0 bridgehead atoms. The molecule has 1 amide bonds. The Balaban J connectivity index is 1.70. The fraction of sp³-hybridized carbons (Fsp3) is 0.100. The maximum Gasteiger partial charge on any atom is 0.265 e. The van der Waals surface area contributed by atoms with Gasteiger partial charge in [-0.3, -0.25) is 4.79 Å². The normalized spacial score (nSPS) is 11.0. The Bertz CT molecular complexity index is 1110. The van der Waals surface area contributed by atoms with Crippen LogP contribution < -0.4 is 5.32 Å². The maximum atomic E-state index is 12.6. The molecule has 26 heavy (non-hydrogen) atoms. The van der Waals surface area contributed by atoms with Crippen LogP contribution in [-0.2, 0) is 0 Å². The number of halogens is 1. The van der Waals surface area contributed by atoms with Gasteiger partial charge in [-0.2, -0.15) is 5.10 Å². The second-order valence-corrected chi connectivity index (χ2v) is 8.07. The van der Waals surface area contributed by atoms with E-state index in [9.17, 15) is 4.79 Å². The molecule has 1 N–H and O–H groups in total. The van der Waals surface area contributed by atoms with Gasteiger partial charge >= 0.3 is 0 Å². The van der Waals surface area contributed by atoms with Crippen LogP contribution in [0.4, 0.5) is 5.69 Å². The molecule has 2 aromatic carbocycles. The topological polar surface area (TPSA) is 46.9 Å². The van der Waals surface area contributed by atoms with Gasteiger partial charge in [0.1, 0.15) is 4.83 Å². The Morgan fingerprint density at radius 2 is 1.88 bits per heavy atom. The van der Waals surface area contributed by atoms with E-state index >= 15 is 0 Å². The molecule has 0 saturated heterocycles. The summed E-state index contributed by atoms with van der Waals surface area (Å²) in [5, 5.41) is 8.60. The minimum atomic E-state index is -0.108. The number of rotatable bonds is 3. The zero-order valence-electron chi connectivity index (χ0n) is 14.3. The fourth-order valence-electron chi connectivity index (χ4n) is 2.82. The van der Waals surface area contributed by atoms with Gasteiger partial charge < -0.3 is 5.32 Å². The third-order valence-electron chi connectivity index (χ3n) is 4.12. The summed E-state index contributed by atoms with van der Waals surface area (Å²) in [4.78, 5) is 14.3. The number of anilines is 1. The predicted molar refractivity (Wildman–Crippen MR) is 111 cm³/mol. The molecule has 4 nitrogen and oxygen atoms in total. The van der Waals surface area contributed by atoms with E-state index in [-0.39, 0.29) is 5.91 Å². The summed E-state index contributed by atoms with van der Waals surface area (Å²) in [6, 6.07) is 17.7. The highest BCUT2D eigenvalue weighted by Crippen LogP contribution is 2.31. The van der Waals surface area contributed by atoms with E-state index in [1.165, 1.54) is 16.9 Å². The van der Waals surface area contributed by atoms with E-state index < -0.39 is 0 Å². The number of benzene rings is 2. The third-order valence-corrected chi connectivity index (χ3v) is 5.75. The van der Waals surface area contributed by atoms with Crippen molar-refractivity contribution in [2.75, 3.05) is 5.32 Å². The van der Waals surface area contributed by atoms with Gasteiger partial charge in [0.05, 0.1) is 16.3 Å². The largest absolute Gasteiger partial charge is 0.321 e. The lowest BCUT2D eigenvalue weighted by Gasteiger charge is -2.04. The number of thiophene rings is 1. The predicted octanol–water partition coefficient (Wildman–Crippen LogP) is 5.72. The molecular formula is C20H16BrN3OS. The monoisotopic (exact) mass is 425 g/mol. The number of hydrogen-bond donors (Lipinski definition) is 1. The number of nitrogens with one attached hydrogen (secondary N) is 1. The van der Waals surface area contributed by atoms with Gasteiger partial charge in [0.25, 0.3) is 5.91 Å². The van der Waals surface area contributed by atoms with Crippen LogP contribution in [0.15, 0.2) is 59.1 Å². The van der Waals surface area contributed by atoms with E-state index in [0.717, 1.165) is 31.8 Å². The molecule has 0 radical (unpaired) electrons. The number of carbonyl (C=O) groups is 1. The first-order chi connectivity index (χ1) is 12.5. The fourth-order valence-corrected chi connectivity index (χ4v) is 4.16. The number of nitrogens with zero attached hydrogens (tertiary/aromatic N) is 2. The van der Waals surface area contributed by atoms with Gasteiger partial charge in [0, 0.05) is 15.5 Å². The van der Waals surface area contributed by atoms with Gasteiger partial charge in [-0.25, -0.2) is 4.68 Å². The van der Waals surface area contributed by atoms with Gasteiger partial charge in [-0.05, 0) is 61.9 Å². The summed E-state index contributed by atoms with van der Waals surface area (Å²) >= 11 is 4.85. The minimum Gasteiger partial charge on any atom is -0.321 e. The van der Waals surface area contributed by atoms with E-state index in [0.29, 0.717) is 4.88 Å². The maximum absolute atomic E-state index is 12.6. The van der Waals surface area contributed by atoms with Crippen LogP contribution in [0.2, 0.25) is 0 Å². The van der Waals surface area contributed by atoms with Crippen molar-refractivity contribution in [3.63, 3.8) is 0 Å². The zero-order chi connectivity index (χ0) is 18.3. The standard InChI is InChI=1S/C20H16BrN3OS/c1-12-4-3-5-16(10-12)24-20-17(13(2)23-24)11-18(26-20)19(25)22-15-8-6-14(21)7-9-15/h3-11H,1-2H3,(H,22,25). The molecule has 6 heteroatoms. The van der Waals surface area contributed by atoms with Gasteiger partial charge in [0.2, 0.25) is 0 Å². The Labute approximate surface area is 163 Å². The molecule has 4 rings (SSSR count). The first-order valence-corrected chi connectivity index (χ1v) is 9.75. The van der Waals surface area contributed by atoms with Crippen molar-refractivity contribution in [2.24, 2.45) is 0 Å². The SMILES string of the molecule is Cc1cccc(-n2nc(C)c3cc(C(=O)Nc4ccc(Br)cc4)sc32)c1. The number of fused-ring (bicyclic) bond motifs is 1. The molecule has 0 atom stereocenters. The van der Waals surface area contributed by atoms with E-state index in [2.05, 4.69) is 45.4 Å². The summed E-state index contributed by atoms with van der Waals surface area (Å²) in [6.45, 7) is 4.03. The number of amides is 1. The van der Waals surface area contributed by atoms with Crippen LogP contribution >= 0.6 is 27.3 Å². The molecule has 130 valence electrons. The highest BCUT2D eigenvalue weighted by Gasteiger charge is 2.17. The summed E-state index contributed by atoms with van der Waals surface area (Å²) < 4.78 is 2.89. The molecule has 0 aliphatic carbocycles. The lowest BCUT2D eigenvalue weighted by atomic mass is 10.2. The average Bonchev–Trinajstić information content (AvgIpc) is 3.18. The second kappa shape index (κ2) is 6.70. The van der Waals surface area contributed by atoms with E-state index in [1.54, 1.807) is 0 Å². The van der Waals surface area contributed by atoms with E-state index in [1.807, 2.05) is 54.1 Å². The second-order valence-electron chi connectivity index (χ2n) is 6.13. The quantitative estimate of drug-likeness (QED) is 0.456.